The summed E-state index contributed by atoms with van der Waals surface area (Å²) in [5.74, 6) is 1.46. The maximum atomic E-state index is 13.6. The van der Waals surface area contributed by atoms with E-state index in [0.29, 0.717) is 30.1 Å². The summed E-state index contributed by atoms with van der Waals surface area (Å²) in [7, 11) is 2.70. The van der Waals surface area contributed by atoms with Gasteiger partial charge in [0.1, 0.15) is 11.3 Å². The maximum absolute atomic E-state index is 13.6. The van der Waals surface area contributed by atoms with Gasteiger partial charge in [0.25, 0.3) is 11.6 Å². The van der Waals surface area contributed by atoms with Crippen LogP contribution in [0.3, 0.4) is 0 Å². The number of furan rings is 1. The fourth-order valence-corrected chi connectivity index (χ4v) is 6.94. The number of amides is 1. The first kappa shape index (κ1) is 24.1. The number of rotatable bonds is 9. The van der Waals surface area contributed by atoms with Gasteiger partial charge in [-0.15, -0.1) is 0 Å². The van der Waals surface area contributed by atoms with Crippen molar-refractivity contribution in [2.24, 2.45) is 17.8 Å². The molecule has 4 aliphatic carbocycles. The summed E-state index contributed by atoms with van der Waals surface area (Å²) in [5.41, 5.74) is -1.07. The molecule has 4 saturated carbocycles. The van der Waals surface area contributed by atoms with Crippen LogP contribution in [-0.2, 0) is 16.1 Å². The molecule has 4 bridgehead atoms. The third-order valence-corrected chi connectivity index (χ3v) is 8.02. The second-order valence-electron chi connectivity index (χ2n) is 10.3. The lowest BCUT2D eigenvalue weighted by atomic mass is 9.52. The summed E-state index contributed by atoms with van der Waals surface area (Å²) in [6, 6.07) is 5.92. The number of esters is 1. The van der Waals surface area contributed by atoms with E-state index >= 15 is 0 Å². The summed E-state index contributed by atoms with van der Waals surface area (Å²) in [6.45, 7) is -0.223. The molecule has 0 unspecified atom stereocenters. The molecule has 1 amide bonds. The average molecular weight is 499 g/mol. The van der Waals surface area contributed by atoms with Gasteiger partial charge < -0.3 is 23.5 Å². The molecule has 0 spiro atoms. The Morgan fingerprint density at radius 1 is 1.08 bits per heavy atom. The zero-order valence-corrected chi connectivity index (χ0v) is 20.4. The monoisotopic (exact) mass is 498 g/mol. The van der Waals surface area contributed by atoms with Crippen molar-refractivity contribution in [2.75, 3.05) is 20.8 Å². The van der Waals surface area contributed by atoms with E-state index in [1.165, 1.54) is 39.5 Å². The van der Waals surface area contributed by atoms with Crippen molar-refractivity contribution in [3.8, 4) is 11.5 Å². The molecule has 0 atom stereocenters. The molecule has 192 valence electrons. The molecule has 0 saturated heterocycles. The molecule has 10 nitrogen and oxygen atoms in total. The minimum Gasteiger partial charge on any atom is -0.493 e. The Bertz CT molecular complexity index is 1120. The first-order valence-electron chi connectivity index (χ1n) is 12.2. The average Bonchev–Trinajstić information content (AvgIpc) is 3.37. The Balaban J connectivity index is 1.37. The predicted octanol–water partition coefficient (Wildman–Crippen LogP) is 4.36. The van der Waals surface area contributed by atoms with Crippen LogP contribution in [0.5, 0.6) is 11.5 Å². The van der Waals surface area contributed by atoms with Gasteiger partial charge in [-0.25, -0.2) is 4.79 Å². The lowest BCUT2D eigenvalue weighted by Crippen LogP contribution is -2.61. The van der Waals surface area contributed by atoms with Crippen LogP contribution < -0.4 is 9.47 Å². The van der Waals surface area contributed by atoms with Gasteiger partial charge in [0.15, 0.2) is 18.1 Å². The van der Waals surface area contributed by atoms with E-state index in [0.717, 1.165) is 25.3 Å². The topological polar surface area (TPSA) is 121 Å². The first-order chi connectivity index (χ1) is 17.3. The van der Waals surface area contributed by atoms with Crippen molar-refractivity contribution < 1.29 is 33.1 Å². The Hall–Kier alpha value is -3.56. The van der Waals surface area contributed by atoms with Gasteiger partial charge in [0, 0.05) is 11.6 Å². The molecule has 0 radical (unpaired) electrons. The van der Waals surface area contributed by atoms with Crippen LogP contribution in [-0.4, -0.2) is 48.1 Å². The first-order valence-corrected chi connectivity index (χ1v) is 12.2. The lowest BCUT2D eigenvalue weighted by Gasteiger charge is -2.60. The smallest absolute Gasteiger partial charge is 0.345 e. The second kappa shape index (κ2) is 9.48. The van der Waals surface area contributed by atoms with Crippen LogP contribution in [0.2, 0.25) is 0 Å². The highest BCUT2D eigenvalue weighted by Crippen LogP contribution is 2.58. The number of methoxy groups -OCH3 is 2. The summed E-state index contributed by atoms with van der Waals surface area (Å²) in [5, 5.41) is 11.6. The Morgan fingerprint density at radius 3 is 2.22 bits per heavy atom. The molecule has 0 aliphatic heterocycles. The zero-order chi connectivity index (χ0) is 25.4. The third kappa shape index (κ3) is 4.40. The molecule has 4 fully saturated rings. The minimum absolute atomic E-state index is 0.114. The number of nitro groups is 1. The van der Waals surface area contributed by atoms with Crippen molar-refractivity contribution in [1.29, 1.82) is 0 Å². The van der Waals surface area contributed by atoms with Crippen molar-refractivity contribution >= 4 is 17.6 Å². The number of carbonyl (C=O) groups excluding carboxylic acids is 2. The summed E-state index contributed by atoms with van der Waals surface area (Å²) in [4.78, 5) is 39.2. The fourth-order valence-electron chi connectivity index (χ4n) is 6.94. The van der Waals surface area contributed by atoms with Crippen LogP contribution in [0.4, 0.5) is 5.69 Å². The maximum Gasteiger partial charge on any atom is 0.345 e. The molecule has 10 heteroatoms. The van der Waals surface area contributed by atoms with Crippen LogP contribution in [0.25, 0.3) is 0 Å². The van der Waals surface area contributed by atoms with Gasteiger partial charge in [-0.3, -0.25) is 14.9 Å². The summed E-state index contributed by atoms with van der Waals surface area (Å²) >= 11 is 0. The minimum atomic E-state index is -0.973. The Morgan fingerprint density at radius 2 is 1.69 bits per heavy atom. The molecule has 1 aromatic carbocycles. The normalized spacial score (nSPS) is 25.9. The van der Waals surface area contributed by atoms with Gasteiger partial charge in [0.05, 0.1) is 38.0 Å². The lowest BCUT2D eigenvalue weighted by molar-refractivity contribution is -0.385. The molecular weight excluding hydrogens is 468 g/mol. The van der Waals surface area contributed by atoms with E-state index in [1.54, 1.807) is 12.3 Å². The number of hydrogen-bond acceptors (Lipinski definition) is 8. The van der Waals surface area contributed by atoms with E-state index in [-0.39, 0.29) is 28.5 Å². The molecule has 0 N–H and O–H groups in total. The number of nitrogens with zero attached hydrogens (tertiary/aromatic N) is 2. The van der Waals surface area contributed by atoms with E-state index in [9.17, 15) is 19.7 Å². The largest absolute Gasteiger partial charge is 0.493 e. The number of hydrogen-bond donors (Lipinski definition) is 0. The molecule has 1 heterocycles. The molecule has 36 heavy (non-hydrogen) atoms. The molecule has 1 aromatic heterocycles. The van der Waals surface area contributed by atoms with Crippen molar-refractivity contribution in [1.82, 2.24) is 4.90 Å². The number of benzene rings is 1. The standard InChI is InChI=1S/C26H30N2O8/c1-33-22-9-20(21(28(31)32)10-23(22)34-2)25(30)36-15-24(29)27(14-19-4-3-5-35-19)26-11-16-6-17(12-26)8-18(7-16)13-26/h3-5,9-10,16-18H,6-8,11-15H2,1-2H3. The van der Waals surface area contributed by atoms with E-state index in [2.05, 4.69) is 0 Å². The van der Waals surface area contributed by atoms with Gasteiger partial charge in [-0.05, 0) is 68.4 Å². The van der Waals surface area contributed by atoms with Crippen LogP contribution in [0, 0.1) is 27.9 Å². The Labute approximate surface area is 208 Å². The highest BCUT2D eigenvalue weighted by atomic mass is 16.6. The third-order valence-electron chi connectivity index (χ3n) is 8.02. The zero-order valence-electron chi connectivity index (χ0n) is 20.4. The van der Waals surface area contributed by atoms with E-state index in [4.69, 9.17) is 18.6 Å². The van der Waals surface area contributed by atoms with E-state index < -0.39 is 23.2 Å². The van der Waals surface area contributed by atoms with Gasteiger partial charge in [0.2, 0.25) is 0 Å². The van der Waals surface area contributed by atoms with Crippen LogP contribution in [0.15, 0.2) is 34.9 Å². The van der Waals surface area contributed by atoms with Crippen LogP contribution >= 0.6 is 0 Å². The molecular formula is C26H30N2O8. The molecule has 4 aliphatic rings. The van der Waals surface area contributed by atoms with Crippen molar-refractivity contribution in [2.45, 2.75) is 50.6 Å². The molecule has 6 rings (SSSR count). The van der Waals surface area contributed by atoms with Gasteiger partial charge in [-0.2, -0.15) is 0 Å². The highest BCUT2D eigenvalue weighted by molar-refractivity contribution is 5.96. The van der Waals surface area contributed by atoms with Crippen LogP contribution in [0.1, 0.15) is 54.6 Å². The van der Waals surface area contributed by atoms with Crippen molar-refractivity contribution in [3.05, 3.63) is 52.0 Å². The number of carbonyl (C=O) groups is 2. The summed E-state index contributed by atoms with van der Waals surface area (Å²) in [6.07, 6.45) is 8.08. The van der Waals surface area contributed by atoms with Crippen molar-refractivity contribution in [3.63, 3.8) is 0 Å². The highest BCUT2D eigenvalue weighted by Gasteiger charge is 2.54. The number of ether oxygens (including phenoxy) is 3. The van der Waals surface area contributed by atoms with E-state index in [1.807, 2.05) is 11.0 Å². The van der Waals surface area contributed by atoms with Gasteiger partial charge >= 0.3 is 5.97 Å². The quantitative estimate of drug-likeness (QED) is 0.284. The number of nitro benzene ring substituents is 1. The fraction of sp³-hybridized carbons (Fsp3) is 0.538. The molecule has 2 aromatic rings. The summed E-state index contributed by atoms with van der Waals surface area (Å²) < 4.78 is 21.2. The SMILES string of the molecule is COc1cc(C(=O)OCC(=O)N(Cc2ccco2)C23CC4CC(CC(C4)C2)C3)c([N+](=O)[O-])cc1OC. The second-order valence-corrected chi connectivity index (χ2v) is 10.3. The van der Waals surface area contributed by atoms with Gasteiger partial charge in [-0.1, -0.05) is 0 Å². The Kier molecular flexibility index (Phi) is 6.36. The predicted molar refractivity (Wildman–Crippen MR) is 127 cm³/mol.